The summed E-state index contributed by atoms with van der Waals surface area (Å²) in [7, 11) is 3.41. The fourth-order valence-corrected chi connectivity index (χ4v) is 3.06. The monoisotopic (exact) mass is 343 g/mol. The summed E-state index contributed by atoms with van der Waals surface area (Å²) in [4.78, 5) is 13.8. The fraction of sp³-hybridized carbons (Fsp3) is 0.350. The van der Waals surface area contributed by atoms with Crippen molar-refractivity contribution in [1.29, 1.82) is 0 Å². The molecule has 0 spiro atoms. The van der Waals surface area contributed by atoms with E-state index in [2.05, 4.69) is 5.32 Å². The molecule has 2 aromatic rings. The number of carbonyl (C=O) groups excluding carboxylic acids is 1. The highest BCUT2D eigenvalue weighted by Crippen LogP contribution is 2.21. The van der Waals surface area contributed by atoms with Crippen molar-refractivity contribution >= 4 is 5.91 Å². The highest BCUT2D eigenvalue weighted by Gasteiger charge is 2.33. The molecule has 132 valence electrons. The summed E-state index contributed by atoms with van der Waals surface area (Å²) in [5.74, 6) is -0.126. The molecule has 1 saturated carbocycles. The predicted octanol–water partition coefficient (Wildman–Crippen LogP) is 1.87. The fourth-order valence-electron chi connectivity index (χ4n) is 3.06. The summed E-state index contributed by atoms with van der Waals surface area (Å²) >= 11 is 0. The zero-order chi connectivity index (χ0) is 17.8. The lowest BCUT2D eigenvalue weighted by molar-refractivity contribution is -0.916. The van der Waals surface area contributed by atoms with E-state index in [4.69, 9.17) is 4.74 Å². The number of ether oxygens (including phenoxy) is 1. The van der Waals surface area contributed by atoms with Crippen molar-refractivity contribution in [3.63, 3.8) is 0 Å². The SMILES string of the molecule is COc1ccc(C[NH+](C)[C@H](C(=O)NC2CC2)c2ccccc2)cc1F. The van der Waals surface area contributed by atoms with Gasteiger partial charge in [-0.25, -0.2) is 4.39 Å². The standard InChI is InChI=1S/C20H23FN2O2/c1-23(13-14-8-11-18(25-2)17(21)12-14)19(15-6-4-3-5-7-15)20(24)22-16-9-10-16/h3-8,11-12,16,19H,9-10,13H2,1-2H3,(H,22,24)/p+1/t19-/m0/s1. The number of rotatable bonds is 7. The maximum atomic E-state index is 14.0. The number of quaternary nitrogens is 1. The molecule has 1 amide bonds. The second kappa shape index (κ2) is 7.66. The highest BCUT2D eigenvalue weighted by molar-refractivity contribution is 5.82. The molecule has 0 heterocycles. The van der Waals surface area contributed by atoms with E-state index in [0.717, 1.165) is 28.9 Å². The topological polar surface area (TPSA) is 42.8 Å². The average Bonchev–Trinajstić information content (AvgIpc) is 3.40. The zero-order valence-corrected chi connectivity index (χ0v) is 14.6. The minimum absolute atomic E-state index is 0.0279. The summed E-state index contributed by atoms with van der Waals surface area (Å²) in [6, 6.07) is 14.7. The number of halogens is 1. The first-order valence-electron chi connectivity index (χ1n) is 8.58. The molecule has 1 aliphatic carbocycles. The Morgan fingerprint density at radius 1 is 1.28 bits per heavy atom. The van der Waals surface area contributed by atoms with Crippen molar-refractivity contribution in [1.82, 2.24) is 5.32 Å². The third kappa shape index (κ3) is 4.37. The van der Waals surface area contributed by atoms with Crippen LogP contribution >= 0.6 is 0 Å². The number of hydrogen-bond donors (Lipinski definition) is 2. The molecule has 0 aromatic heterocycles. The van der Waals surface area contributed by atoms with Crippen LogP contribution in [-0.2, 0) is 11.3 Å². The molecule has 1 fully saturated rings. The average molecular weight is 343 g/mol. The van der Waals surface area contributed by atoms with Crippen LogP contribution in [0.4, 0.5) is 4.39 Å². The second-order valence-electron chi connectivity index (χ2n) is 6.62. The Morgan fingerprint density at radius 3 is 2.60 bits per heavy atom. The molecule has 2 N–H and O–H groups in total. The van der Waals surface area contributed by atoms with Crippen LogP contribution in [0.15, 0.2) is 48.5 Å². The van der Waals surface area contributed by atoms with E-state index in [1.165, 1.54) is 13.2 Å². The quantitative estimate of drug-likeness (QED) is 0.806. The van der Waals surface area contributed by atoms with Crippen LogP contribution in [0.2, 0.25) is 0 Å². The molecular weight excluding hydrogens is 319 g/mol. The molecule has 4 nitrogen and oxygen atoms in total. The Bertz CT molecular complexity index is 732. The van der Waals surface area contributed by atoms with Crippen LogP contribution in [0.1, 0.15) is 30.0 Å². The summed E-state index contributed by atoms with van der Waals surface area (Å²) in [6.45, 7) is 0.540. The Hall–Kier alpha value is -2.40. The first kappa shape index (κ1) is 17.4. The number of benzene rings is 2. The van der Waals surface area contributed by atoms with Crippen LogP contribution in [0, 0.1) is 5.82 Å². The molecule has 0 radical (unpaired) electrons. The molecule has 0 aliphatic heterocycles. The van der Waals surface area contributed by atoms with Gasteiger partial charge in [-0.3, -0.25) is 4.79 Å². The van der Waals surface area contributed by atoms with Gasteiger partial charge in [-0.15, -0.1) is 0 Å². The third-order valence-electron chi connectivity index (χ3n) is 4.51. The summed E-state index contributed by atoms with van der Waals surface area (Å²) in [5.41, 5.74) is 1.79. The van der Waals surface area contributed by atoms with Gasteiger partial charge >= 0.3 is 0 Å². The van der Waals surface area contributed by atoms with Gasteiger partial charge in [0.2, 0.25) is 0 Å². The maximum absolute atomic E-state index is 14.0. The van der Waals surface area contributed by atoms with Gasteiger partial charge < -0.3 is 15.0 Å². The van der Waals surface area contributed by atoms with Gasteiger partial charge in [0.15, 0.2) is 17.6 Å². The summed E-state index contributed by atoms with van der Waals surface area (Å²) < 4.78 is 18.9. The first-order chi connectivity index (χ1) is 12.1. The lowest BCUT2D eigenvalue weighted by Gasteiger charge is -2.25. The van der Waals surface area contributed by atoms with E-state index >= 15 is 0 Å². The van der Waals surface area contributed by atoms with Crippen molar-refractivity contribution < 1.29 is 18.8 Å². The molecule has 3 rings (SSSR count). The number of carbonyl (C=O) groups is 1. The van der Waals surface area contributed by atoms with Crippen LogP contribution < -0.4 is 15.0 Å². The molecule has 1 unspecified atom stereocenters. The van der Waals surface area contributed by atoms with E-state index < -0.39 is 0 Å². The molecule has 2 atom stereocenters. The minimum atomic E-state index is -0.383. The lowest BCUT2D eigenvalue weighted by atomic mass is 10.0. The molecule has 0 saturated heterocycles. The number of nitrogens with one attached hydrogen (secondary N) is 2. The van der Waals surface area contributed by atoms with Crippen molar-refractivity contribution in [2.45, 2.75) is 31.5 Å². The van der Waals surface area contributed by atoms with Gasteiger partial charge in [-0.05, 0) is 31.0 Å². The Kier molecular flexibility index (Phi) is 5.34. The van der Waals surface area contributed by atoms with Crippen molar-refractivity contribution in [3.05, 3.63) is 65.5 Å². The third-order valence-corrected chi connectivity index (χ3v) is 4.51. The highest BCUT2D eigenvalue weighted by atomic mass is 19.1. The molecular formula is C20H24FN2O2+. The van der Waals surface area contributed by atoms with Crippen LogP contribution in [-0.4, -0.2) is 26.1 Å². The predicted molar refractivity (Wildman–Crippen MR) is 93.9 cm³/mol. The zero-order valence-electron chi connectivity index (χ0n) is 14.6. The van der Waals surface area contributed by atoms with E-state index in [0.29, 0.717) is 12.6 Å². The van der Waals surface area contributed by atoms with Gasteiger partial charge in [0.05, 0.1) is 14.2 Å². The van der Waals surface area contributed by atoms with Crippen molar-refractivity contribution in [2.75, 3.05) is 14.2 Å². The smallest absolute Gasteiger partial charge is 0.283 e. The Morgan fingerprint density at radius 2 is 2.00 bits per heavy atom. The molecule has 0 bridgehead atoms. The van der Waals surface area contributed by atoms with Crippen molar-refractivity contribution in [2.24, 2.45) is 0 Å². The normalized spacial score (nSPS) is 16.1. The van der Waals surface area contributed by atoms with E-state index in [1.54, 1.807) is 6.07 Å². The molecule has 25 heavy (non-hydrogen) atoms. The Balaban J connectivity index is 1.79. The molecule has 1 aliphatic rings. The number of hydrogen-bond acceptors (Lipinski definition) is 2. The van der Waals surface area contributed by atoms with Crippen molar-refractivity contribution in [3.8, 4) is 5.75 Å². The van der Waals surface area contributed by atoms with E-state index in [-0.39, 0.29) is 23.5 Å². The van der Waals surface area contributed by atoms with Crippen LogP contribution in [0.5, 0.6) is 5.75 Å². The van der Waals surface area contributed by atoms with E-state index in [9.17, 15) is 9.18 Å². The molecule has 5 heteroatoms. The molecule has 2 aromatic carbocycles. The number of likely N-dealkylation sites (N-methyl/N-ethyl adjacent to an activating group) is 1. The van der Waals surface area contributed by atoms with E-state index in [1.807, 2.05) is 43.4 Å². The van der Waals surface area contributed by atoms with Gasteiger partial charge in [0, 0.05) is 17.2 Å². The largest absolute Gasteiger partial charge is 0.494 e. The lowest BCUT2D eigenvalue weighted by Crippen LogP contribution is -3.09. The maximum Gasteiger partial charge on any atom is 0.283 e. The van der Waals surface area contributed by atoms with Gasteiger partial charge in [0.1, 0.15) is 6.54 Å². The van der Waals surface area contributed by atoms with Crippen LogP contribution in [0.3, 0.4) is 0 Å². The first-order valence-corrected chi connectivity index (χ1v) is 8.58. The number of methoxy groups -OCH3 is 1. The van der Waals surface area contributed by atoms with Gasteiger partial charge in [-0.2, -0.15) is 0 Å². The Labute approximate surface area is 147 Å². The van der Waals surface area contributed by atoms with Crippen LogP contribution in [0.25, 0.3) is 0 Å². The number of amides is 1. The summed E-state index contributed by atoms with van der Waals surface area (Å²) in [6.07, 6.45) is 2.10. The summed E-state index contributed by atoms with van der Waals surface area (Å²) in [5, 5.41) is 3.09. The minimum Gasteiger partial charge on any atom is -0.494 e. The van der Waals surface area contributed by atoms with Gasteiger partial charge in [-0.1, -0.05) is 30.3 Å². The second-order valence-corrected chi connectivity index (χ2v) is 6.62. The van der Waals surface area contributed by atoms with Gasteiger partial charge in [0.25, 0.3) is 5.91 Å².